The minimum atomic E-state index is -0.0642. The van der Waals surface area contributed by atoms with Gasteiger partial charge in [0.1, 0.15) is 23.2 Å². The Hall–Kier alpha value is -2.48. The molecule has 0 spiro atoms. The van der Waals surface area contributed by atoms with Gasteiger partial charge < -0.3 is 14.6 Å². The van der Waals surface area contributed by atoms with Gasteiger partial charge in [-0.2, -0.15) is 0 Å². The van der Waals surface area contributed by atoms with Gasteiger partial charge in [-0.05, 0) is 30.5 Å². The van der Waals surface area contributed by atoms with Gasteiger partial charge in [-0.15, -0.1) is 22.7 Å². The molecule has 0 saturated carbocycles. The van der Waals surface area contributed by atoms with Crippen LogP contribution in [-0.2, 0) is 6.54 Å². The van der Waals surface area contributed by atoms with Crippen LogP contribution in [0.1, 0.15) is 24.4 Å². The van der Waals surface area contributed by atoms with Crippen molar-refractivity contribution in [3.05, 3.63) is 68.9 Å². The quantitative estimate of drug-likeness (QED) is 0.510. The highest BCUT2D eigenvalue weighted by atomic mass is 32.1. The normalized spacial score (nSPS) is 13.5. The van der Waals surface area contributed by atoms with Crippen LogP contribution in [0.3, 0.4) is 0 Å². The zero-order valence-electron chi connectivity index (χ0n) is 16.0. The molecule has 2 N–H and O–H groups in total. The maximum atomic E-state index is 12.8. The van der Waals surface area contributed by atoms with Crippen molar-refractivity contribution in [2.45, 2.75) is 19.5 Å². The van der Waals surface area contributed by atoms with Gasteiger partial charge in [0.05, 0.1) is 19.5 Å². The van der Waals surface area contributed by atoms with Crippen LogP contribution < -0.4 is 15.2 Å². The third-order valence-electron chi connectivity index (χ3n) is 5.02. The Morgan fingerprint density at radius 1 is 1.25 bits per heavy atom. The lowest BCUT2D eigenvalue weighted by Gasteiger charge is -2.21. The minimum absolute atomic E-state index is 0.0515. The van der Waals surface area contributed by atoms with E-state index in [1.807, 2.05) is 41.1 Å². The SMILES string of the molecule is COc1cccc(C[NH+](C)[C@H](C)c2nc3scc(-c4cccs4)c3c(=O)[nH]2)c1. The zero-order chi connectivity index (χ0) is 19.7. The predicted octanol–water partition coefficient (Wildman–Crippen LogP) is 3.50. The summed E-state index contributed by atoms with van der Waals surface area (Å²) in [7, 11) is 3.79. The van der Waals surface area contributed by atoms with Crippen molar-refractivity contribution in [3.63, 3.8) is 0 Å². The Balaban J connectivity index is 1.62. The standard InChI is InChI=1S/C21H21N3O2S2/c1-13(24(2)11-14-6-4-7-15(10-14)26-3)19-22-20(25)18-16(12-28-21(18)23-19)17-8-5-9-27-17/h4-10,12-13H,11H2,1-3H3,(H,22,23,25)/p+1/t13-/m1/s1. The molecule has 1 unspecified atom stereocenters. The largest absolute Gasteiger partial charge is 0.497 e. The van der Waals surface area contributed by atoms with Crippen LogP contribution in [0.4, 0.5) is 0 Å². The first kappa shape index (κ1) is 18.9. The van der Waals surface area contributed by atoms with E-state index in [1.54, 1.807) is 18.4 Å². The summed E-state index contributed by atoms with van der Waals surface area (Å²) in [6.45, 7) is 2.90. The molecule has 0 saturated heterocycles. The maximum absolute atomic E-state index is 12.8. The lowest BCUT2D eigenvalue weighted by atomic mass is 10.1. The van der Waals surface area contributed by atoms with Crippen molar-refractivity contribution < 1.29 is 9.64 Å². The van der Waals surface area contributed by atoms with E-state index >= 15 is 0 Å². The summed E-state index contributed by atoms with van der Waals surface area (Å²) in [6.07, 6.45) is 0. The molecule has 4 rings (SSSR count). The first-order chi connectivity index (χ1) is 13.6. The second-order valence-electron chi connectivity index (χ2n) is 6.85. The molecule has 144 valence electrons. The average molecular weight is 413 g/mol. The molecule has 3 heterocycles. The number of aromatic amines is 1. The number of ether oxygens (including phenoxy) is 1. The number of benzene rings is 1. The summed E-state index contributed by atoms with van der Waals surface area (Å²) in [4.78, 5) is 23.8. The molecule has 7 heteroatoms. The number of fused-ring (bicyclic) bond motifs is 1. The number of rotatable bonds is 6. The Bertz CT molecular complexity index is 1150. The molecule has 0 aliphatic rings. The Morgan fingerprint density at radius 3 is 2.86 bits per heavy atom. The van der Waals surface area contributed by atoms with Crippen molar-refractivity contribution >= 4 is 32.9 Å². The number of nitrogens with one attached hydrogen (secondary N) is 2. The third kappa shape index (κ3) is 3.61. The molecule has 3 aromatic heterocycles. The Labute approximate surface area is 171 Å². The van der Waals surface area contributed by atoms with Crippen LogP contribution in [0.5, 0.6) is 5.75 Å². The van der Waals surface area contributed by atoms with Crippen LogP contribution in [-0.4, -0.2) is 24.1 Å². The van der Waals surface area contributed by atoms with Gasteiger partial charge in [-0.3, -0.25) is 4.79 Å². The minimum Gasteiger partial charge on any atom is -0.497 e. The lowest BCUT2D eigenvalue weighted by molar-refractivity contribution is -0.924. The molecule has 0 bridgehead atoms. The van der Waals surface area contributed by atoms with Gasteiger partial charge >= 0.3 is 0 Å². The van der Waals surface area contributed by atoms with E-state index in [2.05, 4.69) is 25.0 Å². The van der Waals surface area contributed by atoms with Gasteiger partial charge in [0.15, 0.2) is 5.82 Å². The fraction of sp³-hybridized carbons (Fsp3) is 0.238. The highest BCUT2D eigenvalue weighted by Crippen LogP contribution is 2.33. The molecule has 1 aromatic carbocycles. The number of thiophene rings is 2. The van der Waals surface area contributed by atoms with Gasteiger partial charge in [-0.1, -0.05) is 18.2 Å². The van der Waals surface area contributed by atoms with Crippen LogP contribution in [0.25, 0.3) is 20.7 Å². The Kier molecular flexibility index (Phi) is 5.30. The monoisotopic (exact) mass is 412 g/mol. The number of aromatic nitrogens is 2. The van der Waals surface area contributed by atoms with Gasteiger partial charge in [-0.25, -0.2) is 4.98 Å². The molecular weight excluding hydrogens is 390 g/mol. The van der Waals surface area contributed by atoms with Crippen LogP contribution >= 0.6 is 22.7 Å². The molecule has 0 amide bonds. The second-order valence-corrected chi connectivity index (χ2v) is 8.66. The van der Waals surface area contributed by atoms with E-state index in [1.165, 1.54) is 21.8 Å². The van der Waals surface area contributed by atoms with Crippen LogP contribution in [0.15, 0.2) is 52.0 Å². The molecule has 5 nitrogen and oxygen atoms in total. The topological polar surface area (TPSA) is 59.4 Å². The molecule has 0 fully saturated rings. The van der Waals surface area contributed by atoms with Crippen molar-refractivity contribution in [2.75, 3.05) is 14.2 Å². The summed E-state index contributed by atoms with van der Waals surface area (Å²) in [5.74, 6) is 1.57. The van der Waals surface area contributed by atoms with Crippen LogP contribution in [0, 0.1) is 0 Å². The average Bonchev–Trinajstić information content (AvgIpc) is 3.37. The smallest absolute Gasteiger partial charge is 0.260 e. The number of nitrogens with zero attached hydrogens (tertiary/aromatic N) is 1. The Morgan fingerprint density at radius 2 is 2.11 bits per heavy atom. The number of methoxy groups -OCH3 is 1. The van der Waals surface area contributed by atoms with Gasteiger partial charge in [0.25, 0.3) is 5.56 Å². The van der Waals surface area contributed by atoms with E-state index in [0.717, 1.165) is 33.4 Å². The summed E-state index contributed by atoms with van der Waals surface area (Å²) in [5.41, 5.74) is 2.09. The summed E-state index contributed by atoms with van der Waals surface area (Å²) < 4.78 is 5.31. The van der Waals surface area contributed by atoms with E-state index in [0.29, 0.717) is 5.39 Å². The third-order valence-corrected chi connectivity index (χ3v) is 6.79. The molecule has 0 aliphatic heterocycles. The molecule has 0 radical (unpaired) electrons. The fourth-order valence-electron chi connectivity index (χ4n) is 3.27. The predicted molar refractivity (Wildman–Crippen MR) is 116 cm³/mol. The molecule has 28 heavy (non-hydrogen) atoms. The van der Waals surface area contributed by atoms with Crippen molar-refractivity contribution in [1.29, 1.82) is 0 Å². The highest BCUT2D eigenvalue weighted by Gasteiger charge is 2.21. The van der Waals surface area contributed by atoms with E-state index in [-0.39, 0.29) is 11.6 Å². The number of hydrogen-bond donors (Lipinski definition) is 2. The number of hydrogen-bond acceptors (Lipinski definition) is 5. The second kappa shape index (κ2) is 7.87. The first-order valence-electron chi connectivity index (χ1n) is 9.07. The van der Waals surface area contributed by atoms with Gasteiger partial charge in [0, 0.05) is 21.4 Å². The summed E-state index contributed by atoms with van der Waals surface area (Å²) >= 11 is 3.16. The maximum Gasteiger partial charge on any atom is 0.260 e. The van der Waals surface area contributed by atoms with Crippen molar-refractivity contribution in [1.82, 2.24) is 9.97 Å². The number of H-pyrrole nitrogens is 1. The van der Waals surface area contributed by atoms with Gasteiger partial charge in [0.2, 0.25) is 0 Å². The van der Waals surface area contributed by atoms with E-state index in [4.69, 9.17) is 9.72 Å². The van der Waals surface area contributed by atoms with Crippen LogP contribution in [0.2, 0.25) is 0 Å². The molecule has 0 aliphatic carbocycles. The lowest BCUT2D eigenvalue weighted by Crippen LogP contribution is -3.07. The summed E-state index contributed by atoms with van der Waals surface area (Å²) in [5, 5.41) is 4.74. The molecule has 2 atom stereocenters. The van der Waals surface area contributed by atoms with Crippen molar-refractivity contribution in [3.8, 4) is 16.2 Å². The first-order valence-corrected chi connectivity index (χ1v) is 10.8. The van der Waals surface area contributed by atoms with E-state index in [9.17, 15) is 4.79 Å². The molecule has 4 aromatic rings. The zero-order valence-corrected chi connectivity index (χ0v) is 17.6. The highest BCUT2D eigenvalue weighted by molar-refractivity contribution is 7.18. The molecular formula is C21H22N3O2S2+. The number of quaternary nitrogens is 1. The summed E-state index contributed by atoms with van der Waals surface area (Å²) in [6, 6.07) is 12.2. The van der Waals surface area contributed by atoms with Crippen molar-refractivity contribution in [2.24, 2.45) is 0 Å². The van der Waals surface area contributed by atoms with E-state index < -0.39 is 0 Å². The fourth-order valence-corrected chi connectivity index (χ4v) is 5.04.